The van der Waals surface area contributed by atoms with Gasteiger partial charge in [0.2, 0.25) is 5.91 Å². The first-order chi connectivity index (χ1) is 15.1. The lowest BCUT2D eigenvalue weighted by atomic mass is 9.97. The van der Waals surface area contributed by atoms with E-state index in [0.717, 1.165) is 0 Å². The first-order valence-electron chi connectivity index (χ1n) is 10.1. The molecule has 0 bridgehead atoms. The van der Waals surface area contributed by atoms with Gasteiger partial charge in [-0.2, -0.15) is 0 Å². The molecule has 0 radical (unpaired) electrons. The summed E-state index contributed by atoms with van der Waals surface area (Å²) in [6, 6.07) is 7.97. The lowest BCUT2D eigenvalue weighted by Gasteiger charge is -2.35. The second-order valence-corrected chi connectivity index (χ2v) is 7.17. The third-order valence-electron chi connectivity index (χ3n) is 4.96. The molecule has 0 saturated carbocycles. The summed E-state index contributed by atoms with van der Waals surface area (Å²) in [6.07, 6.45) is 3.45. The van der Waals surface area contributed by atoms with Crippen molar-refractivity contribution in [3.8, 4) is 5.75 Å². The molecular weight excluding hydrogens is 402 g/mol. The third-order valence-corrected chi connectivity index (χ3v) is 4.96. The van der Waals surface area contributed by atoms with Gasteiger partial charge in [0.25, 0.3) is 0 Å². The Morgan fingerprint density at radius 1 is 1.29 bits per heavy atom. The number of methoxy groups -OCH3 is 1. The van der Waals surface area contributed by atoms with E-state index in [1.54, 1.807) is 43.6 Å². The minimum absolute atomic E-state index is 0.164. The molecule has 3 rings (SSSR count). The van der Waals surface area contributed by atoms with E-state index in [4.69, 9.17) is 9.47 Å². The van der Waals surface area contributed by atoms with E-state index < -0.39 is 12.1 Å². The van der Waals surface area contributed by atoms with E-state index in [1.165, 1.54) is 6.33 Å². The van der Waals surface area contributed by atoms with Gasteiger partial charge in [0.05, 0.1) is 44.5 Å². The number of hydrogen-bond donors (Lipinski definition) is 4. The average Bonchev–Trinajstić information content (AvgIpc) is 2.79. The van der Waals surface area contributed by atoms with E-state index in [2.05, 4.69) is 25.9 Å². The van der Waals surface area contributed by atoms with Crippen LogP contribution in [-0.2, 0) is 16.1 Å². The molecule has 1 fully saturated rings. The van der Waals surface area contributed by atoms with Crippen LogP contribution in [0.25, 0.3) is 0 Å². The molecule has 3 amide bonds. The minimum Gasteiger partial charge on any atom is -0.497 e. The van der Waals surface area contributed by atoms with Gasteiger partial charge in [0.15, 0.2) is 0 Å². The molecule has 1 aromatic heterocycles. The van der Waals surface area contributed by atoms with Crippen LogP contribution in [0.4, 0.5) is 10.5 Å². The highest BCUT2D eigenvalue weighted by molar-refractivity contribution is 5.89. The van der Waals surface area contributed by atoms with Crippen LogP contribution in [0.2, 0.25) is 0 Å². The Labute approximate surface area is 180 Å². The highest BCUT2D eigenvalue weighted by atomic mass is 16.5. The van der Waals surface area contributed by atoms with Crippen molar-refractivity contribution in [1.82, 2.24) is 20.6 Å². The molecule has 1 aliphatic rings. The number of aliphatic hydroxyl groups is 1. The van der Waals surface area contributed by atoms with Crippen LogP contribution in [0.5, 0.6) is 5.75 Å². The number of aromatic nitrogens is 2. The Balaban J connectivity index is 1.45. The van der Waals surface area contributed by atoms with Gasteiger partial charge in [-0.3, -0.25) is 4.79 Å². The summed E-state index contributed by atoms with van der Waals surface area (Å²) in [5.74, 6) is 0.468. The Morgan fingerprint density at radius 3 is 2.90 bits per heavy atom. The highest BCUT2D eigenvalue weighted by Gasteiger charge is 2.32. The van der Waals surface area contributed by atoms with Gasteiger partial charge in [-0.25, -0.2) is 14.8 Å². The molecule has 1 saturated heterocycles. The number of hydrogen-bond acceptors (Lipinski definition) is 7. The predicted molar refractivity (Wildman–Crippen MR) is 112 cm³/mol. The van der Waals surface area contributed by atoms with Crippen LogP contribution < -0.4 is 20.7 Å². The van der Waals surface area contributed by atoms with Crippen molar-refractivity contribution >= 4 is 17.6 Å². The molecule has 31 heavy (non-hydrogen) atoms. The Hall–Kier alpha value is -3.24. The summed E-state index contributed by atoms with van der Waals surface area (Å²) < 4.78 is 11.0. The fourth-order valence-corrected chi connectivity index (χ4v) is 3.37. The zero-order valence-electron chi connectivity index (χ0n) is 17.3. The second-order valence-electron chi connectivity index (χ2n) is 7.17. The Morgan fingerprint density at radius 2 is 2.16 bits per heavy atom. The molecule has 0 aliphatic carbocycles. The van der Waals surface area contributed by atoms with Crippen LogP contribution >= 0.6 is 0 Å². The van der Waals surface area contributed by atoms with Crippen molar-refractivity contribution in [3.05, 3.63) is 48.5 Å². The van der Waals surface area contributed by atoms with Crippen LogP contribution in [0.15, 0.2) is 42.9 Å². The summed E-state index contributed by atoms with van der Waals surface area (Å²) in [4.78, 5) is 32.4. The normalized spacial score (nSPS) is 20.5. The van der Waals surface area contributed by atoms with Gasteiger partial charge in [0.1, 0.15) is 18.2 Å². The minimum atomic E-state index is -0.593. The summed E-state index contributed by atoms with van der Waals surface area (Å²) in [7, 11) is 1.55. The van der Waals surface area contributed by atoms with Gasteiger partial charge in [-0.15, -0.1) is 0 Å². The number of ether oxygens (including phenoxy) is 2. The van der Waals surface area contributed by atoms with Gasteiger partial charge in [-0.05, 0) is 31.0 Å². The predicted octanol–water partition coefficient (Wildman–Crippen LogP) is 1.22. The smallest absolute Gasteiger partial charge is 0.319 e. The first kappa shape index (κ1) is 22.4. The topological polar surface area (TPSA) is 135 Å². The maximum Gasteiger partial charge on any atom is 0.319 e. The molecule has 2 heterocycles. The lowest BCUT2D eigenvalue weighted by Crippen LogP contribution is -2.52. The maximum atomic E-state index is 12.3. The molecule has 166 valence electrons. The fraction of sp³-hybridized carbons (Fsp3) is 0.429. The second kappa shape index (κ2) is 11.2. The summed E-state index contributed by atoms with van der Waals surface area (Å²) in [6.45, 7) is 0.0509. The van der Waals surface area contributed by atoms with Crippen LogP contribution in [-0.4, -0.2) is 59.0 Å². The van der Waals surface area contributed by atoms with Crippen molar-refractivity contribution < 1.29 is 24.2 Å². The monoisotopic (exact) mass is 429 g/mol. The number of anilines is 1. The van der Waals surface area contributed by atoms with Crippen LogP contribution in [0.3, 0.4) is 0 Å². The fourth-order valence-electron chi connectivity index (χ4n) is 3.37. The van der Waals surface area contributed by atoms with Gasteiger partial charge < -0.3 is 30.5 Å². The maximum absolute atomic E-state index is 12.3. The summed E-state index contributed by atoms with van der Waals surface area (Å²) >= 11 is 0. The Bertz CT molecular complexity index is 866. The molecule has 3 atom stereocenters. The molecule has 1 aliphatic heterocycles. The molecule has 0 spiro atoms. The van der Waals surface area contributed by atoms with Crippen LogP contribution in [0.1, 0.15) is 25.0 Å². The number of carbonyl (C=O) groups excluding carboxylic acids is 2. The first-order valence-corrected chi connectivity index (χ1v) is 10.1. The SMILES string of the molecule is COc1cccc(NC(=O)N[C@@H]2CC[C@H](CC(=O)NCc3ccncn3)O[C@@H]2CO)c1. The molecular formula is C21H27N5O5. The number of urea groups is 1. The molecule has 2 aromatic rings. The van der Waals surface area contributed by atoms with Gasteiger partial charge in [-0.1, -0.05) is 6.07 Å². The summed E-state index contributed by atoms with van der Waals surface area (Å²) in [5.41, 5.74) is 1.31. The van der Waals surface area contributed by atoms with E-state index >= 15 is 0 Å². The molecule has 0 unspecified atom stereocenters. The van der Waals surface area contributed by atoms with Crippen LogP contribution in [0, 0.1) is 0 Å². The van der Waals surface area contributed by atoms with Gasteiger partial charge >= 0.3 is 6.03 Å². The molecule has 10 heteroatoms. The summed E-state index contributed by atoms with van der Waals surface area (Å²) in [5, 5.41) is 18.1. The van der Waals surface area contributed by atoms with Crippen molar-refractivity contribution in [2.24, 2.45) is 0 Å². The average molecular weight is 429 g/mol. The molecule has 10 nitrogen and oxygen atoms in total. The Kier molecular flexibility index (Phi) is 8.13. The number of nitrogens with zero attached hydrogens (tertiary/aromatic N) is 2. The van der Waals surface area contributed by atoms with Crippen molar-refractivity contribution in [1.29, 1.82) is 0 Å². The number of rotatable bonds is 8. The van der Waals surface area contributed by atoms with E-state index in [0.29, 0.717) is 36.5 Å². The number of amides is 3. The number of nitrogens with one attached hydrogen (secondary N) is 3. The third kappa shape index (κ3) is 6.90. The van der Waals surface area contributed by atoms with E-state index in [-0.39, 0.29) is 31.1 Å². The largest absolute Gasteiger partial charge is 0.497 e. The number of aliphatic hydroxyl groups excluding tert-OH is 1. The van der Waals surface area contributed by atoms with Crippen molar-refractivity contribution in [3.63, 3.8) is 0 Å². The van der Waals surface area contributed by atoms with Gasteiger partial charge in [0, 0.05) is 18.0 Å². The quantitative estimate of drug-likeness (QED) is 0.496. The zero-order valence-corrected chi connectivity index (χ0v) is 17.3. The standard InChI is InChI=1S/C21H27N5O5/c1-30-16-4-2-3-14(9-16)25-21(29)26-18-6-5-17(31-19(18)12-27)10-20(28)23-11-15-7-8-22-13-24-15/h2-4,7-9,13,17-19,27H,5-6,10-12H2,1H3,(H,23,28)(H2,25,26,29)/t17-,18-,19-/m1/s1. The number of benzene rings is 1. The molecule has 4 N–H and O–H groups in total. The molecule has 1 aromatic carbocycles. The number of carbonyl (C=O) groups is 2. The van der Waals surface area contributed by atoms with E-state index in [9.17, 15) is 14.7 Å². The zero-order chi connectivity index (χ0) is 22.1. The van der Waals surface area contributed by atoms with E-state index in [1.807, 2.05) is 0 Å². The van der Waals surface area contributed by atoms with Crippen molar-refractivity contribution in [2.75, 3.05) is 19.0 Å². The highest BCUT2D eigenvalue weighted by Crippen LogP contribution is 2.22. The lowest BCUT2D eigenvalue weighted by molar-refractivity contribution is -0.130. The van der Waals surface area contributed by atoms with Crippen molar-refractivity contribution in [2.45, 2.75) is 44.1 Å².